The quantitative estimate of drug-likeness (QED) is 0.706. The van der Waals surface area contributed by atoms with Crippen molar-refractivity contribution in [1.29, 1.82) is 5.26 Å². The summed E-state index contributed by atoms with van der Waals surface area (Å²) in [5.41, 5.74) is 0.863. The van der Waals surface area contributed by atoms with Crippen LogP contribution in [0.5, 0.6) is 0 Å². The van der Waals surface area contributed by atoms with E-state index < -0.39 is 0 Å². The van der Waals surface area contributed by atoms with E-state index in [2.05, 4.69) is 0 Å². The Kier molecular flexibility index (Phi) is 4.74. The van der Waals surface area contributed by atoms with Crippen LogP contribution in [0.1, 0.15) is 24.6 Å². The molecule has 1 aromatic heterocycles. The predicted octanol–water partition coefficient (Wildman–Crippen LogP) is 1.45. The Morgan fingerprint density at radius 1 is 1.50 bits per heavy atom. The van der Waals surface area contributed by atoms with Crippen molar-refractivity contribution >= 4 is 0 Å². The van der Waals surface area contributed by atoms with Crippen LogP contribution < -0.4 is 5.56 Å². The van der Waals surface area contributed by atoms with Gasteiger partial charge >= 0.3 is 0 Å². The maximum absolute atomic E-state index is 11.8. The fourth-order valence-electron chi connectivity index (χ4n) is 1.50. The molecule has 0 aliphatic carbocycles. The summed E-state index contributed by atoms with van der Waals surface area (Å²) in [5, 5.41) is 8.76. The van der Waals surface area contributed by atoms with Crippen molar-refractivity contribution < 1.29 is 4.74 Å². The van der Waals surface area contributed by atoms with E-state index in [0.29, 0.717) is 19.8 Å². The molecular weight excluding hydrogens is 204 g/mol. The molecule has 0 N–H and O–H groups in total. The topological polar surface area (TPSA) is 55.0 Å². The number of hydrogen-bond acceptors (Lipinski definition) is 3. The van der Waals surface area contributed by atoms with Crippen LogP contribution in [0.3, 0.4) is 0 Å². The molecule has 0 saturated carbocycles. The fourth-order valence-corrected chi connectivity index (χ4v) is 1.50. The Morgan fingerprint density at radius 2 is 2.25 bits per heavy atom. The van der Waals surface area contributed by atoms with Crippen molar-refractivity contribution in [3.05, 3.63) is 33.7 Å². The lowest BCUT2D eigenvalue weighted by Gasteiger charge is -2.09. The first-order valence-corrected chi connectivity index (χ1v) is 5.39. The van der Waals surface area contributed by atoms with Gasteiger partial charge in [0.1, 0.15) is 11.6 Å². The van der Waals surface area contributed by atoms with Gasteiger partial charge in [-0.25, -0.2) is 0 Å². The minimum Gasteiger partial charge on any atom is -0.382 e. The summed E-state index contributed by atoms with van der Waals surface area (Å²) in [6.45, 7) is 5.72. The smallest absolute Gasteiger partial charge is 0.268 e. The van der Waals surface area contributed by atoms with Gasteiger partial charge in [-0.3, -0.25) is 4.79 Å². The second-order valence-corrected chi connectivity index (χ2v) is 3.51. The lowest BCUT2D eigenvalue weighted by atomic mass is 10.2. The first kappa shape index (κ1) is 12.5. The first-order chi connectivity index (χ1) is 7.70. The molecule has 16 heavy (non-hydrogen) atoms. The van der Waals surface area contributed by atoms with Crippen molar-refractivity contribution in [2.75, 3.05) is 13.2 Å². The Hall–Kier alpha value is -1.60. The Morgan fingerprint density at radius 3 is 2.88 bits per heavy atom. The number of rotatable bonds is 5. The fraction of sp³-hybridized carbons (Fsp3) is 0.500. The Balaban J connectivity index is 2.79. The van der Waals surface area contributed by atoms with Gasteiger partial charge in [-0.1, -0.05) is 0 Å². The molecule has 0 unspecified atom stereocenters. The number of nitrogens with zero attached hydrogens (tertiary/aromatic N) is 2. The molecule has 0 radical (unpaired) electrons. The number of aryl methyl sites for hydroxylation is 1. The summed E-state index contributed by atoms with van der Waals surface area (Å²) in [7, 11) is 0. The number of nitriles is 1. The molecule has 0 aromatic carbocycles. The van der Waals surface area contributed by atoms with Gasteiger partial charge in [-0.05, 0) is 32.4 Å². The molecule has 0 aliphatic rings. The molecule has 0 fully saturated rings. The summed E-state index contributed by atoms with van der Waals surface area (Å²) in [6.07, 6.45) is 0.781. The van der Waals surface area contributed by atoms with Crippen LogP contribution in [0.2, 0.25) is 0 Å². The second-order valence-electron chi connectivity index (χ2n) is 3.51. The highest BCUT2D eigenvalue weighted by atomic mass is 16.5. The molecule has 0 saturated heterocycles. The summed E-state index contributed by atoms with van der Waals surface area (Å²) < 4.78 is 6.83. The summed E-state index contributed by atoms with van der Waals surface area (Å²) in [4.78, 5) is 11.8. The SMILES string of the molecule is CCOCCCn1c(C)ccc(C#N)c1=O. The van der Waals surface area contributed by atoms with Crippen LogP contribution >= 0.6 is 0 Å². The molecule has 1 heterocycles. The van der Waals surface area contributed by atoms with E-state index in [0.717, 1.165) is 12.1 Å². The van der Waals surface area contributed by atoms with Crippen LogP contribution in [0.25, 0.3) is 0 Å². The predicted molar refractivity (Wildman–Crippen MR) is 61.3 cm³/mol. The minimum atomic E-state index is -0.209. The number of hydrogen-bond donors (Lipinski definition) is 0. The van der Waals surface area contributed by atoms with Crippen LogP contribution in [-0.2, 0) is 11.3 Å². The van der Waals surface area contributed by atoms with Gasteiger partial charge in [-0.2, -0.15) is 5.26 Å². The molecule has 1 aromatic rings. The molecule has 86 valence electrons. The Labute approximate surface area is 95.1 Å². The van der Waals surface area contributed by atoms with Crippen molar-refractivity contribution in [3.8, 4) is 6.07 Å². The average molecular weight is 220 g/mol. The molecule has 0 bridgehead atoms. The zero-order valence-corrected chi connectivity index (χ0v) is 9.69. The van der Waals surface area contributed by atoms with Crippen molar-refractivity contribution in [2.45, 2.75) is 26.8 Å². The van der Waals surface area contributed by atoms with Gasteiger partial charge in [-0.15, -0.1) is 0 Å². The number of ether oxygens (including phenoxy) is 1. The van der Waals surface area contributed by atoms with Crippen LogP contribution in [0.15, 0.2) is 16.9 Å². The first-order valence-electron chi connectivity index (χ1n) is 5.39. The van der Waals surface area contributed by atoms with Gasteiger partial charge in [0.15, 0.2) is 0 Å². The van der Waals surface area contributed by atoms with Gasteiger partial charge in [0.25, 0.3) is 5.56 Å². The summed E-state index contributed by atoms with van der Waals surface area (Å²) in [6, 6.07) is 5.26. The average Bonchev–Trinajstić information content (AvgIpc) is 2.28. The summed E-state index contributed by atoms with van der Waals surface area (Å²) >= 11 is 0. The van der Waals surface area contributed by atoms with E-state index in [1.807, 2.05) is 19.9 Å². The van der Waals surface area contributed by atoms with Gasteiger partial charge in [0.2, 0.25) is 0 Å². The lowest BCUT2D eigenvalue weighted by Crippen LogP contribution is -2.25. The van der Waals surface area contributed by atoms with E-state index in [1.54, 1.807) is 16.7 Å². The molecule has 0 atom stereocenters. The van der Waals surface area contributed by atoms with Crippen LogP contribution in [0.4, 0.5) is 0 Å². The summed E-state index contributed by atoms with van der Waals surface area (Å²) in [5.74, 6) is 0. The molecule has 4 heteroatoms. The van der Waals surface area contributed by atoms with Crippen molar-refractivity contribution in [2.24, 2.45) is 0 Å². The second kappa shape index (κ2) is 6.09. The third-order valence-electron chi connectivity index (χ3n) is 2.39. The number of aromatic nitrogens is 1. The highest BCUT2D eigenvalue weighted by molar-refractivity contribution is 5.27. The van der Waals surface area contributed by atoms with E-state index in [9.17, 15) is 4.79 Å². The minimum absolute atomic E-state index is 0.196. The molecule has 1 rings (SSSR count). The Bertz CT molecular complexity index is 443. The largest absolute Gasteiger partial charge is 0.382 e. The van der Waals surface area contributed by atoms with Crippen molar-refractivity contribution in [3.63, 3.8) is 0 Å². The normalized spacial score (nSPS) is 10.1. The monoisotopic (exact) mass is 220 g/mol. The third-order valence-corrected chi connectivity index (χ3v) is 2.39. The molecule has 0 amide bonds. The van der Waals surface area contributed by atoms with Gasteiger partial charge in [0.05, 0.1) is 0 Å². The highest BCUT2D eigenvalue weighted by Gasteiger charge is 2.04. The standard InChI is InChI=1S/C12H16N2O2/c1-3-16-8-4-7-14-10(2)5-6-11(9-13)12(14)15/h5-6H,3-4,7-8H2,1-2H3. The maximum Gasteiger partial charge on any atom is 0.268 e. The highest BCUT2D eigenvalue weighted by Crippen LogP contribution is 1.99. The van der Waals surface area contributed by atoms with E-state index >= 15 is 0 Å². The van der Waals surface area contributed by atoms with Crippen LogP contribution in [0, 0.1) is 18.3 Å². The zero-order chi connectivity index (χ0) is 12.0. The molecule has 4 nitrogen and oxygen atoms in total. The number of pyridine rings is 1. The lowest BCUT2D eigenvalue weighted by molar-refractivity contribution is 0.141. The van der Waals surface area contributed by atoms with Crippen LogP contribution in [-0.4, -0.2) is 17.8 Å². The molecule has 0 aliphatic heterocycles. The zero-order valence-electron chi connectivity index (χ0n) is 9.69. The van der Waals surface area contributed by atoms with E-state index in [1.165, 1.54) is 0 Å². The van der Waals surface area contributed by atoms with E-state index in [-0.39, 0.29) is 11.1 Å². The third kappa shape index (κ3) is 2.94. The maximum atomic E-state index is 11.8. The van der Waals surface area contributed by atoms with Crippen molar-refractivity contribution in [1.82, 2.24) is 4.57 Å². The molecular formula is C12H16N2O2. The molecule has 0 spiro atoms. The van der Waals surface area contributed by atoms with E-state index in [4.69, 9.17) is 10.00 Å². The van der Waals surface area contributed by atoms with Gasteiger partial charge in [0, 0.05) is 25.5 Å². The van der Waals surface area contributed by atoms with Gasteiger partial charge < -0.3 is 9.30 Å².